The molecule has 4 heteroatoms. The number of ether oxygens (including phenoxy) is 1. The number of methoxy groups -OCH3 is 1. The standard InChI is InChI=1S/C23H30N2O2/c1-17-12-14-25(15-13-17)16-19-4-6-21(7-5-19)23(26)24-18(2)20-8-10-22(27-3)11-9-20/h4-11,17-18H,12-16H2,1-3H3,(H,24,26)/t18-/m1/s1. The first kappa shape index (κ1) is 19.4. The molecule has 0 bridgehead atoms. The molecule has 3 rings (SSSR count). The first-order valence-electron chi connectivity index (χ1n) is 9.81. The lowest BCUT2D eigenvalue weighted by Crippen LogP contribution is -2.32. The molecule has 1 heterocycles. The Kier molecular flexibility index (Phi) is 6.51. The van der Waals surface area contributed by atoms with E-state index >= 15 is 0 Å². The Bertz CT molecular complexity index is 732. The molecule has 0 aromatic heterocycles. The highest BCUT2D eigenvalue weighted by Gasteiger charge is 2.16. The van der Waals surface area contributed by atoms with E-state index in [1.165, 1.54) is 31.5 Å². The van der Waals surface area contributed by atoms with E-state index in [0.717, 1.165) is 23.8 Å². The van der Waals surface area contributed by atoms with E-state index in [2.05, 4.69) is 29.3 Å². The van der Waals surface area contributed by atoms with Gasteiger partial charge in [0.25, 0.3) is 5.91 Å². The van der Waals surface area contributed by atoms with Crippen molar-refractivity contribution in [2.24, 2.45) is 5.92 Å². The van der Waals surface area contributed by atoms with Crippen LogP contribution < -0.4 is 10.1 Å². The number of nitrogens with one attached hydrogen (secondary N) is 1. The molecule has 0 radical (unpaired) electrons. The molecular weight excluding hydrogens is 336 g/mol. The van der Waals surface area contributed by atoms with Crippen molar-refractivity contribution in [2.75, 3.05) is 20.2 Å². The summed E-state index contributed by atoms with van der Waals surface area (Å²) >= 11 is 0. The molecule has 4 nitrogen and oxygen atoms in total. The van der Waals surface area contributed by atoms with Crippen LogP contribution in [0.1, 0.15) is 54.2 Å². The highest BCUT2D eigenvalue weighted by Crippen LogP contribution is 2.19. The average Bonchev–Trinajstić information content (AvgIpc) is 2.70. The van der Waals surface area contributed by atoms with Gasteiger partial charge in [0.05, 0.1) is 13.2 Å². The minimum atomic E-state index is -0.0570. The second-order valence-corrected chi connectivity index (χ2v) is 7.62. The zero-order valence-electron chi connectivity index (χ0n) is 16.6. The zero-order chi connectivity index (χ0) is 19.2. The number of nitrogens with zero attached hydrogens (tertiary/aromatic N) is 1. The van der Waals surface area contributed by atoms with Gasteiger partial charge in [-0.2, -0.15) is 0 Å². The summed E-state index contributed by atoms with van der Waals surface area (Å²) < 4.78 is 5.18. The first-order valence-corrected chi connectivity index (χ1v) is 9.81. The number of benzene rings is 2. The molecule has 144 valence electrons. The van der Waals surface area contributed by atoms with Crippen LogP contribution in [-0.4, -0.2) is 31.0 Å². The number of hydrogen-bond donors (Lipinski definition) is 1. The lowest BCUT2D eigenvalue weighted by Gasteiger charge is -2.30. The van der Waals surface area contributed by atoms with Gasteiger partial charge in [-0.1, -0.05) is 31.2 Å². The maximum Gasteiger partial charge on any atom is 0.251 e. The highest BCUT2D eigenvalue weighted by atomic mass is 16.5. The van der Waals surface area contributed by atoms with Gasteiger partial charge in [-0.05, 0) is 74.2 Å². The number of piperidine rings is 1. The van der Waals surface area contributed by atoms with Crippen LogP contribution in [-0.2, 0) is 6.54 Å². The van der Waals surface area contributed by atoms with E-state index in [1.807, 2.05) is 43.3 Å². The van der Waals surface area contributed by atoms with Crippen molar-refractivity contribution >= 4 is 5.91 Å². The summed E-state index contributed by atoms with van der Waals surface area (Å²) in [6, 6.07) is 15.7. The van der Waals surface area contributed by atoms with Crippen LogP contribution in [0.25, 0.3) is 0 Å². The minimum absolute atomic E-state index is 0.0448. The largest absolute Gasteiger partial charge is 0.497 e. The summed E-state index contributed by atoms with van der Waals surface area (Å²) in [7, 11) is 1.65. The van der Waals surface area contributed by atoms with Crippen LogP contribution >= 0.6 is 0 Å². The van der Waals surface area contributed by atoms with Crippen molar-refractivity contribution in [1.29, 1.82) is 0 Å². The van der Waals surface area contributed by atoms with Crippen LogP contribution in [0.5, 0.6) is 5.75 Å². The Morgan fingerprint density at radius 3 is 2.33 bits per heavy atom. The maximum atomic E-state index is 12.5. The van der Waals surface area contributed by atoms with Crippen molar-refractivity contribution in [3.63, 3.8) is 0 Å². The van der Waals surface area contributed by atoms with Crippen molar-refractivity contribution in [2.45, 2.75) is 39.3 Å². The summed E-state index contributed by atoms with van der Waals surface area (Å²) in [5.41, 5.74) is 3.02. The van der Waals surface area contributed by atoms with Gasteiger partial charge in [0, 0.05) is 12.1 Å². The van der Waals surface area contributed by atoms with Gasteiger partial charge in [0.1, 0.15) is 5.75 Å². The van der Waals surface area contributed by atoms with Gasteiger partial charge in [-0.15, -0.1) is 0 Å². The van der Waals surface area contributed by atoms with Gasteiger partial charge >= 0.3 is 0 Å². The fourth-order valence-electron chi connectivity index (χ4n) is 3.50. The molecule has 1 atom stereocenters. The average molecular weight is 367 g/mol. The number of carbonyl (C=O) groups excluding carboxylic acids is 1. The lowest BCUT2D eigenvalue weighted by atomic mass is 9.99. The Labute approximate surface area is 162 Å². The fourth-order valence-corrected chi connectivity index (χ4v) is 3.50. The third-order valence-electron chi connectivity index (χ3n) is 5.46. The molecule has 0 saturated carbocycles. The predicted octanol–water partition coefficient (Wildman–Crippen LogP) is 4.42. The van der Waals surface area contributed by atoms with E-state index in [9.17, 15) is 4.79 Å². The molecule has 1 saturated heterocycles. The highest BCUT2D eigenvalue weighted by molar-refractivity contribution is 5.94. The SMILES string of the molecule is COc1ccc([C@@H](C)NC(=O)c2ccc(CN3CCC(C)CC3)cc2)cc1. The molecule has 0 spiro atoms. The minimum Gasteiger partial charge on any atom is -0.497 e. The quantitative estimate of drug-likeness (QED) is 0.823. The molecular formula is C23H30N2O2. The first-order chi connectivity index (χ1) is 13.0. The molecule has 1 aliphatic rings. The van der Waals surface area contributed by atoms with Crippen LogP contribution in [0.15, 0.2) is 48.5 Å². The van der Waals surface area contributed by atoms with Gasteiger partial charge < -0.3 is 10.1 Å². The second-order valence-electron chi connectivity index (χ2n) is 7.62. The van der Waals surface area contributed by atoms with E-state index in [-0.39, 0.29) is 11.9 Å². The van der Waals surface area contributed by atoms with E-state index in [0.29, 0.717) is 5.56 Å². The number of likely N-dealkylation sites (tertiary alicyclic amines) is 1. The summed E-state index contributed by atoms with van der Waals surface area (Å²) in [4.78, 5) is 15.0. The van der Waals surface area contributed by atoms with E-state index in [1.54, 1.807) is 7.11 Å². The van der Waals surface area contributed by atoms with Gasteiger partial charge in [0.2, 0.25) is 0 Å². The third-order valence-corrected chi connectivity index (χ3v) is 5.46. The van der Waals surface area contributed by atoms with Crippen molar-refractivity contribution in [3.05, 3.63) is 65.2 Å². The number of amides is 1. The van der Waals surface area contributed by atoms with Gasteiger partial charge in [-0.25, -0.2) is 0 Å². The summed E-state index contributed by atoms with van der Waals surface area (Å²) in [5, 5.41) is 3.07. The Morgan fingerprint density at radius 1 is 1.11 bits per heavy atom. The molecule has 0 aliphatic carbocycles. The fraction of sp³-hybridized carbons (Fsp3) is 0.435. The van der Waals surface area contributed by atoms with E-state index in [4.69, 9.17) is 4.74 Å². The smallest absolute Gasteiger partial charge is 0.251 e. The van der Waals surface area contributed by atoms with Crippen LogP contribution in [0, 0.1) is 5.92 Å². The number of rotatable bonds is 6. The second kappa shape index (κ2) is 9.05. The van der Waals surface area contributed by atoms with Crippen molar-refractivity contribution in [3.8, 4) is 5.75 Å². The monoisotopic (exact) mass is 366 g/mol. The van der Waals surface area contributed by atoms with Crippen LogP contribution in [0.4, 0.5) is 0 Å². The molecule has 1 fully saturated rings. The van der Waals surface area contributed by atoms with E-state index < -0.39 is 0 Å². The molecule has 1 N–H and O–H groups in total. The maximum absolute atomic E-state index is 12.5. The Balaban J connectivity index is 1.55. The molecule has 2 aromatic rings. The predicted molar refractivity (Wildman–Crippen MR) is 109 cm³/mol. The van der Waals surface area contributed by atoms with Crippen LogP contribution in [0.2, 0.25) is 0 Å². The Morgan fingerprint density at radius 2 is 1.74 bits per heavy atom. The van der Waals surface area contributed by atoms with Gasteiger partial charge in [-0.3, -0.25) is 9.69 Å². The van der Waals surface area contributed by atoms with Gasteiger partial charge in [0.15, 0.2) is 0 Å². The number of hydrogen-bond acceptors (Lipinski definition) is 3. The molecule has 2 aromatic carbocycles. The Hall–Kier alpha value is -2.33. The summed E-state index contributed by atoms with van der Waals surface area (Å²) in [6.07, 6.45) is 2.56. The molecule has 1 aliphatic heterocycles. The third kappa shape index (κ3) is 5.33. The molecule has 27 heavy (non-hydrogen) atoms. The van der Waals surface area contributed by atoms with Crippen molar-refractivity contribution < 1.29 is 9.53 Å². The normalized spacial score (nSPS) is 16.7. The molecule has 0 unspecified atom stereocenters. The summed E-state index contributed by atoms with van der Waals surface area (Å²) in [6.45, 7) is 7.63. The number of carbonyl (C=O) groups is 1. The zero-order valence-corrected chi connectivity index (χ0v) is 16.6. The topological polar surface area (TPSA) is 41.6 Å². The van der Waals surface area contributed by atoms with Crippen molar-refractivity contribution in [1.82, 2.24) is 10.2 Å². The lowest BCUT2D eigenvalue weighted by molar-refractivity contribution is 0.0940. The summed E-state index contributed by atoms with van der Waals surface area (Å²) in [5.74, 6) is 1.62. The molecule has 1 amide bonds. The van der Waals surface area contributed by atoms with Crippen LogP contribution in [0.3, 0.4) is 0 Å².